The van der Waals surface area contributed by atoms with Crippen molar-refractivity contribution in [3.8, 4) is 0 Å². The van der Waals surface area contributed by atoms with Crippen molar-refractivity contribution in [1.29, 1.82) is 0 Å². The number of benzene rings is 2. The Morgan fingerprint density at radius 2 is 1.63 bits per heavy atom. The van der Waals surface area contributed by atoms with Gasteiger partial charge >= 0.3 is 0 Å². The Labute approximate surface area is 174 Å². The molecule has 0 N–H and O–H groups in total. The lowest BCUT2D eigenvalue weighted by molar-refractivity contribution is 0.0696. The van der Waals surface area contributed by atoms with Gasteiger partial charge in [-0.15, -0.1) is 0 Å². The monoisotopic (exact) mass is 494 g/mol. The van der Waals surface area contributed by atoms with Crippen molar-refractivity contribution in [2.45, 2.75) is 4.90 Å². The molecule has 0 bridgehead atoms. The first-order valence-corrected chi connectivity index (χ1v) is 10.9. The Morgan fingerprint density at radius 1 is 1.04 bits per heavy atom. The molecule has 0 saturated carbocycles. The largest absolute Gasteiger partial charge is 0.336 e. The zero-order valence-electron chi connectivity index (χ0n) is 13.8. The molecule has 1 aliphatic rings. The number of sulfonamides is 1. The second kappa shape index (κ2) is 8.05. The maximum atomic E-state index is 13.5. The molecule has 3 rings (SSSR count). The predicted molar refractivity (Wildman–Crippen MR) is 105 cm³/mol. The summed E-state index contributed by atoms with van der Waals surface area (Å²) in [5.74, 6) is -0.884. The fourth-order valence-corrected chi connectivity index (χ4v) is 5.75. The van der Waals surface area contributed by atoms with Crippen molar-refractivity contribution in [2.75, 3.05) is 26.2 Å². The van der Waals surface area contributed by atoms with Gasteiger partial charge in [0, 0.05) is 30.7 Å². The molecule has 2 aromatic rings. The summed E-state index contributed by atoms with van der Waals surface area (Å²) in [6.45, 7) is 0.511. The van der Waals surface area contributed by atoms with Crippen LogP contribution in [0.2, 0.25) is 10.0 Å². The number of amides is 1. The fourth-order valence-electron chi connectivity index (χ4n) is 2.82. The summed E-state index contributed by atoms with van der Waals surface area (Å²) >= 11 is 15.3. The lowest BCUT2D eigenvalue weighted by Crippen LogP contribution is -2.50. The van der Waals surface area contributed by atoms with Crippen LogP contribution in [0.5, 0.6) is 0 Å². The molecule has 10 heteroatoms. The van der Waals surface area contributed by atoms with E-state index in [9.17, 15) is 17.6 Å². The van der Waals surface area contributed by atoms with E-state index in [-0.39, 0.29) is 52.6 Å². The van der Waals surface area contributed by atoms with Crippen LogP contribution in [0.15, 0.2) is 45.8 Å². The molecule has 1 amide bonds. The first-order chi connectivity index (χ1) is 12.7. The van der Waals surface area contributed by atoms with Crippen molar-refractivity contribution in [1.82, 2.24) is 9.21 Å². The molecule has 1 heterocycles. The second-order valence-corrected chi connectivity index (χ2v) is 9.41. The number of nitrogens with zero attached hydrogens (tertiary/aromatic N) is 2. The van der Waals surface area contributed by atoms with E-state index in [0.717, 1.165) is 6.07 Å². The van der Waals surface area contributed by atoms with Crippen LogP contribution in [0.3, 0.4) is 0 Å². The highest BCUT2D eigenvalue weighted by atomic mass is 79.9. The van der Waals surface area contributed by atoms with Crippen LogP contribution >= 0.6 is 39.1 Å². The molecule has 144 valence electrons. The summed E-state index contributed by atoms with van der Waals surface area (Å²) in [5, 5.41) is 0.0920. The van der Waals surface area contributed by atoms with Crippen LogP contribution in [0.25, 0.3) is 0 Å². The molecule has 0 aliphatic carbocycles. The molecule has 2 aromatic carbocycles. The van der Waals surface area contributed by atoms with Crippen molar-refractivity contribution < 1.29 is 17.6 Å². The van der Waals surface area contributed by atoms with Gasteiger partial charge in [0.15, 0.2) is 0 Å². The zero-order chi connectivity index (χ0) is 19.8. The minimum absolute atomic E-state index is 0.0460. The number of hydrogen-bond acceptors (Lipinski definition) is 3. The topological polar surface area (TPSA) is 57.7 Å². The molecule has 27 heavy (non-hydrogen) atoms. The van der Waals surface area contributed by atoms with E-state index >= 15 is 0 Å². The fraction of sp³-hybridized carbons (Fsp3) is 0.235. The summed E-state index contributed by atoms with van der Waals surface area (Å²) in [6, 6.07) is 8.35. The van der Waals surface area contributed by atoms with Crippen LogP contribution in [-0.2, 0) is 10.0 Å². The van der Waals surface area contributed by atoms with Crippen molar-refractivity contribution >= 4 is 55.1 Å². The van der Waals surface area contributed by atoms with Crippen molar-refractivity contribution in [3.05, 3.63) is 62.3 Å². The quantitative estimate of drug-likeness (QED) is 0.645. The summed E-state index contributed by atoms with van der Waals surface area (Å²) in [5.41, 5.74) is 0.195. The lowest BCUT2D eigenvalue weighted by atomic mass is 10.2. The molecule has 0 radical (unpaired) electrons. The minimum Gasteiger partial charge on any atom is -0.336 e. The van der Waals surface area contributed by atoms with Crippen LogP contribution in [-0.4, -0.2) is 49.7 Å². The van der Waals surface area contributed by atoms with Crippen LogP contribution in [0, 0.1) is 5.82 Å². The normalized spacial score (nSPS) is 15.8. The van der Waals surface area contributed by atoms with Gasteiger partial charge in [0.1, 0.15) is 10.7 Å². The third kappa shape index (κ3) is 4.14. The van der Waals surface area contributed by atoms with E-state index in [1.54, 1.807) is 6.07 Å². The molecule has 1 fully saturated rings. The molecule has 5 nitrogen and oxygen atoms in total. The van der Waals surface area contributed by atoms with Crippen LogP contribution < -0.4 is 0 Å². The number of carbonyl (C=O) groups excluding carboxylic acids is 1. The molecule has 1 saturated heterocycles. The van der Waals surface area contributed by atoms with E-state index in [4.69, 9.17) is 23.2 Å². The SMILES string of the molecule is O=C(c1cc(F)ccc1Br)N1CCN(S(=O)(=O)c2c(Cl)cccc2Cl)CC1. The third-order valence-electron chi connectivity index (χ3n) is 4.20. The van der Waals surface area contributed by atoms with Gasteiger partial charge in [0.25, 0.3) is 5.91 Å². The van der Waals surface area contributed by atoms with E-state index in [1.807, 2.05) is 0 Å². The minimum atomic E-state index is -3.89. The summed E-state index contributed by atoms with van der Waals surface area (Å²) in [6.07, 6.45) is 0. The maximum Gasteiger partial charge on any atom is 0.255 e. The average Bonchev–Trinajstić information content (AvgIpc) is 2.63. The molecule has 1 aliphatic heterocycles. The third-order valence-corrected chi connectivity index (χ3v) is 7.75. The first kappa shape index (κ1) is 20.5. The van der Waals surface area contributed by atoms with Crippen molar-refractivity contribution in [3.63, 3.8) is 0 Å². The lowest BCUT2D eigenvalue weighted by Gasteiger charge is -2.34. The number of piperazine rings is 1. The second-order valence-electron chi connectivity index (χ2n) is 5.87. The molecule has 0 unspecified atom stereocenters. The predicted octanol–water partition coefficient (Wildman–Crippen LogP) is 4.04. The Kier molecular flexibility index (Phi) is 6.12. The van der Waals surface area contributed by atoms with Gasteiger partial charge in [0.2, 0.25) is 10.0 Å². The van der Waals surface area contributed by atoms with Crippen molar-refractivity contribution in [2.24, 2.45) is 0 Å². The van der Waals surface area contributed by atoms with E-state index in [0.29, 0.717) is 4.47 Å². The molecular formula is C17H14BrCl2FN2O3S. The summed E-state index contributed by atoms with van der Waals surface area (Å²) in [7, 11) is -3.89. The van der Waals surface area contributed by atoms with Crippen LogP contribution in [0.1, 0.15) is 10.4 Å². The highest BCUT2D eigenvalue weighted by molar-refractivity contribution is 9.10. The van der Waals surface area contributed by atoms with Gasteiger partial charge < -0.3 is 4.90 Å². The van der Waals surface area contributed by atoms with Gasteiger partial charge in [-0.3, -0.25) is 4.79 Å². The Hall–Kier alpha value is -1.19. The van der Waals surface area contributed by atoms with E-state index < -0.39 is 15.8 Å². The maximum absolute atomic E-state index is 13.5. The number of hydrogen-bond donors (Lipinski definition) is 0. The highest BCUT2D eigenvalue weighted by Crippen LogP contribution is 2.32. The number of carbonyl (C=O) groups is 1. The first-order valence-electron chi connectivity index (χ1n) is 7.90. The highest BCUT2D eigenvalue weighted by Gasteiger charge is 2.33. The Balaban J connectivity index is 1.77. The Morgan fingerprint density at radius 3 is 2.22 bits per heavy atom. The zero-order valence-corrected chi connectivity index (χ0v) is 17.7. The van der Waals surface area contributed by atoms with E-state index in [1.165, 1.54) is 33.5 Å². The van der Waals surface area contributed by atoms with Gasteiger partial charge in [0.05, 0.1) is 15.6 Å². The number of halogens is 4. The van der Waals surface area contributed by atoms with E-state index in [2.05, 4.69) is 15.9 Å². The standard InChI is InChI=1S/C17H14BrCl2FN2O3S/c18-13-5-4-11(21)10-12(13)17(24)22-6-8-23(9-7-22)27(25,26)16-14(19)2-1-3-15(16)20/h1-5,10H,6-9H2. The summed E-state index contributed by atoms with van der Waals surface area (Å²) < 4.78 is 40.9. The molecule has 0 aromatic heterocycles. The molecule has 0 atom stereocenters. The number of rotatable bonds is 3. The Bertz CT molecular complexity index is 975. The van der Waals surface area contributed by atoms with Gasteiger partial charge in [-0.1, -0.05) is 29.3 Å². The molecule has 0 spiro atoms. The molecular weight excluding hydrogens is 482 g/mol. The summed E-state index contributed by atoms with van der Waals surface area (Å²) in [4.78, 5) is 14.0. The average molecular weight is 496 g/mol. The van der Waals surface area contributed by atoms with Gasteiger partial charge in [-0.25, -0.2) is 12.8 Å². The smallest absolute Gasteiger partial charge is 0.255 e. The van der Waals surface area contributed by atoms with Gasteiger partial charge in [-0.05, 0) is 46.3 Å². The van der Waals surface area contributed by atoms with Gasteiger partial charge in [-0.2, -0.15) is 4.31 Å². The van der Waals surface area contributed by atoms with Crippen LogP contribution in [0.4, 0.5) is 4.39 Å².